The summed E-state index contributed by atoms with van der Waals surface area (Å²) in [6.45, 7) is 14.8. The molecule has 2 aromatic rings. The molecule has 5 nitrogen and oxygen atoms in total. The van der Waals surface area contributed by atoms with Gasteiger partial charge in [0.1, 0.15) is 12.4 Å². The molecule has 176 valence electrons. The quantitative estimate of drug-likeness (QED) is 0.355. The molecule has 0 amide bonds. The molecule has 0 unspecified atom stereocenters. The molecule has 2 atom stereocenters. The zero-order valence-electron chi connectivity index (χ0n) is 20.6. The molecule has 0 aliphatic rings. The zero-order valence-corrected chi connectivity index (χ0v) is 21.6. The van der Waals surface area contributed by atoms with Crippen LogP contribution in [0.2, 0.25) is 18.1 Å². The van der Waals surface area contributed by atoms with E-state index in [-0.39, 0.29) is 29.6 Å². The zero-order chi connectivity index (χ0) is 23.8. The molecule has 2 rings (SSSR count). The van der Waals surface area contributed by atoms with Crippen molar-refractivity contribution in [2.24, 2.45) is 0 Å². The summed E-state index contributed by atoms with van der Waals surface area (Å²) in [6, 6.07) is 18.1. The average molecular weight is 458 g/mol. The first-order chi connectivity index (χ1) is 15.0. The second-order valence-electron chi connectivity index (χ2n) is 9.79. The lowest BCUT2D eigenvalue weighted by atomic mass is 10.1. The highest BCUT2D eigenvalue weighted by atomic mass is 28.4. The molecule has 1 N–H and O–H groups in total. The number of carbonyl (C=O) groups is 1. The van der Waals surface area contributed by atoms with Gasteiger partial charge in [0.15, 0.2) is 8.32 Å². The summed E-state index contributed by atoms with van der Waals surface area (Å²) < 4.78 is 17.4. The molecule has 2 aromatic carbocycles. The predicted molar refractivity (Wildman–Crippen MR) is 133 cm³/mol. The van der Waals surface area contributed by atoms with E-state index < -0.39 is 8.32 Å². The minimum Gasteiger partial charge on any atom is -0.492 e. The fourth-order valence-corrected chi connectivity index (χ4v) is 4.24. The van der Waals surface area contributed by atoms with Crippen molar-refractivity contribution in [2.45, 2.75) is 64.4 Å². The van der Waals surface area contributed by atoms with Crippen LogP contribution in [0.15, 0.2) is 54.6 Å². The lowest BCUT2D eigenvalue weighted by Crippen LogP contribution is -2.44. The van der Waals surface area contributed by atoms with E-state index in [9.17, 15) is 4.79 Å². The molecule has 0 radical (unpaired) electrons. The fourth-order valence-electron chi connectivity index (χ4n) is 2.96. The van der Waals surface area contributed by atoms with E-state index in [1.807, 2.05) is 30.3 Å². The summed E-state index contributed by atoms with van der Waals surface area (Å²) in [4.78, 5) is 11.4. The number of esters is 1. The van der Waals surface area contributed by atoms with E-state index in [0.717, 1.165) is 17.9 Å². The van der Waals surface area contributed by atoms with Crippen LogP contribution in [0.3, 0.4) is 0 Å². The maximum Gasteiger partial charge on any atom is 0.309 e. The first-order valence-corrected chi connectivity index (χ1v) is 14.2. The summed E-state index contributed by atoms with van der Waals surface area (Å²) in [5.74, 6) is 0.536. The Morgan fingerprint density at radius 1 is 1.03 bits per heavy atom. The van der Waals surface area contributed by atoms with Crippen molar-refractivity contribution in [3.05, 3.63) is 65.7 Å². The Kier molecular flexibility index (Phi) is 9.49. The van der Waals surface area contributed by atoms with Crippen molar-refractivity contribution in [1.82, 2.24) is 5.32 Å². The molecule has 0 aliphatic heterocycles. The Labute approximate surface area is 194 Å². The van der Waals surface area contributed by atoms with Crippen LogP contribution < -0.4 is 10.1 Å². The van der Waals surface area contributed by atoms with Crippen LogP contribution in [-0.4, -0.2) is 40.6 Å². The van der Waals surface area contributed by atoms with Crippen LogP contribution in [0.1, 0.15) is 44.9 Å². The Morgan fingerprint density at radius 3 is 2.22 bits per heavy atom. The van der Waals surface area contributed by atoms with Crippen molar-refractivity contribution in [2.75, 3.05) is 20.3 Å². The second-order valence-corrected chi connectivity index (χ2v) is 14.6. The minimum absolute atomic E-state index is 0.00264. The Morgan fingerprint density at radius 2 is 1.66 bits per heavy atom. The summed E-state index contributed by atoms with van der Waals surface area (Å²) in [7, 11) is -0.521. The predicted octanol–water partition coefficient (Wildman–Crippen LogP) is 5.52. The fraction of sp³-hybridized carbons (Fsp3) is 0.500. The number of hydrogen-bond donors (Lipinski definition) is 1. The van der Waals surface area contributed by atoms with Gasteiger partial charge in [-0.15, -0.1) is 0 Å². The van der Waals surface area contributed by atoms with E-state index in [2.05, 4.69) is 70.4 Å². The highest BCUT2D eigenvalue weighted by molar-refractivity contribution is 6.74. The summed E-state index contributed by atoms with van der Waals surface area (Å²) in [6.07, 6.45) is 0.265. The van der Waals surface area contributed by atoms with E-state index in [0.29, 0.717) is 6.61 Å². The molecule has 0 heterocycles. The van der Waals surface area contributed by atoms with Crippen LogP contribution in [0.4, 0.5) is 0 Å². The number of carbonyl (C=O) groups excluding carboxylic acids is 1. The third-order valence-corrected chi connectivity index (χ3v) is 10.6. The van der Waals surface area contributed by atoms with Gasteiger partial charge in [-0.1, -0.05) is 63.2 Å². The maximum absolute atomic E-state index is 11.4. The molecule has 0 bridgehead atoms. The van der Waals surface area contributed by atoms with Gasteiger partial charge < -0.3 is 19.2 Å². The molecule has 0 aromatic heterocycles. The number of rotatable bonds is 11. The van der Waals surface area contributed by atoms with Crippen LogP contribution in [0, 0.1) is 0 Å². The monoisotopic (exact) mass is 457 g/mol. The second kappa shape index (κ2) is 11.6. The summed E-state index contributed by atoms with van der Waals surface area (Å²) in [5.41, 5.74) is 2.10. The SMILES string of the molecule is COC(=O)Cc1ccc(OC[C@H](C)NC[C@H](O[Si](C)(C)C(C)(C)C)c2ccccc2)cc1. The number of benzene rings is 2. The van der Waals surface area contributed by atoms with Crippen molar-refractivity contribution < 1.29 is 18.7 Å². The van der Waals surface area contributed by atoms with E-state index in [4.69, 9.17) is 13.9 Å². The van der Waals surface area contributed by atoms with Crippen LogP contribution in [-0.2, 0) is 20.4 Å². The van der Waals surface area contributed by atoms with Gasteiger partial charge in [0.05, 0.1) is 19.6 Å². The first kappa shape index (κ1) is 26.1. The third-order valence-electron chi connectivity index (χ3n) is 6.07. The Hall–Kier alpha value is -2.15. The van der Waals surface area contributed by atoms with E-state index >= 15 is 0 Å². The van der Waals surface area contributed by atoms with Gasteiger partial charge >= 0.3 is 5.97 Å². The molecular formula is C26H39NO4Si. The number of hydrogen-bond acceptors (Lipinski definition) is 5. The molecule has 32 heavy (non-hydrogen) atoms. The van der Waals surface area contributed by atoms with E-state index in [1.54, 1.807) is 0 Å². The van der Waals surface area contributed by atoms with Gasteiger partial charge in [-0.3, -0.25) is 4.79 Å². The molecule has 0 saturated heterocycles. The summed E-state index contributed by atoms with van der Waals surface area (Å²) >= 11 is 0. The third kappa shape index (κ3) is 8.08. The highest BCUT2D eigenvalue weighted by Gasteiger charge is 2.39. The molecule has 0 saturated carbocycles. The van der Waals surface area contributed by atoms with Crippen LogP contribution in [0.25, 0.3) is 0 Å². The van der Waals surface area contributed by atoms with Gasteiger partial charge in [-0.2, -0.15) is 0 Å². The molecule has 0 aliphatic carbocycles. The minimum atomic E-state index is -1.92. The van der Waals surface area contributed by atoms with Crippen LogP contribution in [0.5, 0.6) is 5.75 Å². The summed E-state index contributed by atoms with van der Waals surface area (Å²) in [5, 5.41) is 3.73. The number of nitrogens with one attached hydrogen (secondary N) is 1. The maximum atomic E-state index is 11.4. The van der Waals surface area contributed by atoms with Crippen molar-refractivity contribution in [1.29, 1.82) is 0 Å². The normalized spacial score (nSPS) is 14.0. The largest absolute Gasteiger partial charge is 0.492 e. The lowest BCUT2D eigenvalue weighted by molar-refractivity contribution is -0.139. The van der Waals surface area contributed by atoms with Gasteiger partial charge in [0, 0.05) is 12.6 Å². The van der Waals surface area contributed by atoms with Crippen molar-refractivity contribution in [3.8, 4) is 5.75 Å². The topological polar surface area (TPSA) is 56.8 Å². The highest BCUT2D eigenvalue weighted by Crippen LogP contribution is 2.39. The molecular weight excluding hydrogens is 418 g/mol. The Bertz CT molecular complexity index is 831. The molecule has 0 fully saturated rings. The smallest absolute Gasteiger partial charge is 0.309 e. The van der Waals surface area contributed by atoms with Crippen molar-refractivity contribution >= 4 is 14.3 Å². The Balaban J connectivity index is 1.92. The molecule has 0 spiro atoms. The number of ether oxygens (including phenoxy) is 2. The number of methoxy groups -OCH3 is 1. The van der Waals surface area contributed by atoms with E-state index in [1.165, 1.54) is 12.7 Å². The molecule has 6 heteroatoms. The standard InChI is InChI=1S/C26H39NO4Si/c1-20(19-30-23-15-13-21(14-16-23)17-25(28)29-5)27-18-24(22-11-9-8-10-12-22)31-32(6,7)26(2,3)4/h8-16,20,24,27H,17-19H2,1-7H3/t20-,24-/m0/s1. The van der Waals surface area contributed by atoms with Gasteiger partial charge in [-0.25, -0.2) is 0 Å². The lowest BCUT2D eigenvalue weighted by Gasteiger charge is -2.39. The van der Waals surface area contributed by atoms with Gasteiger partial charge in [0.2, 0.25) is 0 Å². The van der Waals surface area contributed by atoms with Crippen molar-refractivity contribution in [3.63, 3.8) is 0 Å². The van der Waals surface area contributed by atoms with Gasteiger partial charge in [-0.05, 0) is 48.3 Å². The average Bonchev–Trinajstić information content (AvgIpc) is 2.75. The first-order valence-electron chi connectivity index (χ1n) is 11.3. The van der Waals surface area contributed by atoms with Crippen LogP contribution >= 0.6 is 0 Å². The van der Waals surface area contributed by atoms with Gasteiger partial charge in [0.25, 0.3) is 0 Å².